The van der Waals surface area contributed by atoms with Crippen molar-refractivity contribution in [2.75, 3.05) is 0 Å². The third-order valence-electron chi connectivity index (χ3n) is 3.94. The van der Waals surface area contributed by atoms with Gasteiger partial charge in [-0.2, -0.15) is 0 Å². The fourth-order valence-corrected chi connectivity index (χ4v) is 3.61. The van der Waals surface area contributed by atoms with E-state index in [1.54, 1.807) is 5.57 Å². The molecule has 0 radical (unpaired) electrons. The number of benzene rings is 1. The van der Waals surface area contributed by atoms with E-state index in [9.17, 15) is 0 Å². The minimum atomic E-state index is 0.737. The summed E-state index contributed by atoms with van der Waals surface area (Å²) in [6.45, 7) is 0. The fourth-order valence-electron chi connectivity index (χ4n) is 2.56. The first-order valence-electron chi connectivity index (χ1n) is 5.83. The Bertz CT molecular complexity index is 458. The van der Waals surface area contributed by atoms with Crippen LogP contribution in [-0.2, 0) is 0 Å². The lowest BCUT2D eigenvalue weighted by Gasteiger charge is -2.22. The van der Waals surface area contributed by atoms with Gasteiger partial charge in [-0.15, -0.1) is 0 Å². The first kappa shape index (κ1) is 11.3. The van der Waals surface area contributed by atoms with E-state index in [0.29, 0.717) is 0 Å². The van der Waals surface area contributed by atoms with Gasteiger partial charge in [-0.05, 0) is 89.4 Å². The molecule has 0 nitrogen and oxygen atoms in total. The van der Waals surface area contributed by atoms with Crippen LogP contribution in [0.1, 0.15) is 37.7 Å². The number of allylic oxidation sites excluding steroid dienone is 2. The largest absolute Gasteiger partial charge is 0.0801 e. The second kappa shape index (κ2) is 4.13. The lowest BCUT2D eigenvalue weighted by molar-refractivity contribution is 0.466. The quantitative estimate of drug-likeness (QED) is 0.565. The molecular weight excluding hydrogens is 375 g/mol. The van der Waals surface area contributed by atoms with Crippen LogP contribution in [-0.4, -0.2) is 0 Å². The minimum Gasteiger partial charge on any atom is -0.0801 e. The zero-order chi connectivity index (χ0) is 11.2. The van der Waals surface area contributed by atoms with E-state index in [0.717, 1.165) is 5.41 Å². The number of rotatable bonds is 1. The van der Waals surface area contributed by atoms with E-state index in [1.165, 1.54) is 45.7 Å². The van der Waals surface area contributed by atoms with Crippen LogP contribution >= 0.6 is 38.5 Å². The van der Waals surface area contributed by atoms with Crippen LogP contribution in [0.15, 0.2) is 28.7 Å². The molecule has 0 atom stereocenters. The molecule has 0 bridgehead atoms. The van der Waals surface area contributed by atoms with Crippen molar-refractivity contribution in [2.45, 2.75) is 32.1 Å². The standard InChI is InChI=1S/C14H14BrI/c15-11-1-2-13(16)12(9-11)10-3-5-14(6-4-10)7-8-14/h1-3,9H,4-8H2. The summed E-state index contributed by atoms with van der Waals surface area (Å²) in [4.78, 5) is 0. The molecule has 2 aliphatic rings. The first-order valence-corrected chi connectivity index (χ1v) is 7.70. The maximum Gasteiger partial charge on any atom is 0.0206 e. The zero-order valence-electron chi connectivity index (χ0n) is 9.10. The molecule has 0 heterocycles. The van der Waals surface area contributed by atoms with Gasteiger partial charge in [0.25, 0.3) is 0 Å². The molecule has 3 rings (SSSR count). The summed E-state index contributed by atoms with van der Waals surface area (Å²) < 4.78 is 2.56. The molecule has 0 saturated heterocycles. The molecule has 1 aromatic rings. The van der Waals surface area contributed by atoms with Gasteiger partial charge in [-0.1, -0.05) is 22.0 Å². The molecule has 0 aliphatic heterocycles. The molecular formula is C14H14BrI. The van der Waals surface area contributed by atoms with E-state index >= 15 is 0 Å². The van der Waals surface area contributed by atoms with Crippen molar-refractivity contribution >= 4 is 44.1 Å². The Balaban J connectivity index is 1.92. The third-order valence-corrected chi connectivity index (χ3v) is 5.37. The summed E-state index contributed by atoms with van der Waals surface area (Å²) >= 11 is 6.01. The molecule has 0 amide bonds. The van der Waals surface area contributed by atoms with Crippen LogP contribution < -0.4 is 0 Å². The van der Waals surface area contributed by atoms with Gasteiger partial charge in [0.2, 0.25) is 0 Å². The predicted octanol–water partition coefficient (Wildman–Crippen LogP) is 5.40. The number of hydrogen-bond acceptors (Lipinski definition) is 0. The molecule has 1 fully saturated rings. The molecule has 1 aromatic carbocycles. The second-order valence-corrected chi connectivity index (χ2v) is 7.14. The summed E-state index contributed by atoms with van der Waals surface area (Å²) in [6, 6.07) is 6.58. The molecule has 0 N–H and O–H groups in total. The van der Waals surface area contributed by atoms with E-state index in [4.69, 9.17) is 0 Å². The molecule has 84 valence electrons. The van der Waals surface area contributed by atoms with Crippen molar-refractivity contribution in [1.82, 2.24) is 0 Å². The monoisotopic (exact) mass is 388 g/mol. The van der Waals surface area contributed by atoms with Crippen LogP contribution in [0.25, 0.3) is 5.57 Å². The molecule has 2 heteroatoms. The first-order chi connectivity index (χ1) is 7.69. The average molecular weight is 389 g/mol. The van der Waals surface area contributed by atoms with Gasteiger partial charge in [0.15, 0.2) is 0 Å². The summed E-state index contributed by atoms with van der Waals surface area (Å²) in [6.07, 6.45) is 9.40. The van der Waals surface area contributed by atoms with Crippen molar-refractivity contribution in [3.8, 4) is 0 Å². The predicted molar refractivity (Wildman–Crippen MR) is 80.4 cm³/mol. The SMILES string of the molecule is Brc1ccc(I)c(C2=CCC3(CC2)CC3)c1. The fraction of sp³-hybridized carbons (Fsp3) is 0.429. The van der Waals surface area contributed by atoms with E-state index in [-0.39, 0.29) is 0 Å². The van der Waals surface area contributed by atoms with Crippen LogP contribution in [0.5, 0.6) is 0 Å². The third kappa shape index (κ3) is 2.10. The smallest absolute Gasteiger partial charge is 0.0206 e. The van der Waals surface area contributed by atoms with Gasteiger partial charge in [-0.25, -0.2) is 0 Å². The van der Waals surface area contributed by atoms with Crippen molar-refractivity contribution < 1.29 is 0 Å². The topological polar surface area (TPSA) is 0 Å². The van der Waals surface area contributed by atoms with Crippen LogP contribution in [0.2, 0.25) is 0 Å². The highest BCUT2D eigenvalue weighted by Crippen LogP contribution is 2.56. The summed E-state index contributed by atoms with van der Waals surface area (Å²) in [5.74, 6) is 0. The molecule has 0 aromatic heterocycles. The van der Waals surface area contributed by atoms with Gasteiger partial charge < -0.3 is 0 Å². The molecule has 1 spiro atoms. The van der Waals surface area contributed by atoms with Gasteiger partial charge in [0, 0.05) is 8.04 Å². The highest BCUT2D eigenvalue weighted by atomic mass is 127. The molecule has 1 saturated carbocycles. The Morgan fingerprint density at radius 1 is 1.19 bits per heavy atom. The lowest BCUT2D eigenvalue weighted by atomic mass is 9.84. The average Bonchev–Trinajstić information content (AvgIpc) is 3.03. The molecule has 16 heavy (non-hydrogen) atoms. The zero-order valence-corrected chi connectivity index (χ0v) is 12.8. The summed E-state index contributed by atoms with van der Waals surface area (Å²) in [5, 5.41) is 0. The van der Waals surface area contributed by atoms with E-state index in [1.807, 2.05) is 0 Å². The van der Waals surface area contributed by atoms with Gasteiger partial charge >= 0.3 is 0 Å². The Morgan fingerprint density at radius 3 is 2.62 bits per heavy atom. The lowest BCUT2D eigenvalue weighted by Crippen LogP contribution is -2.05. The normalized spacial score (nSPS) is 22.0. The highest BCUT2D eigenvalue weighted by Gasteiger charge is 2.42. The number of halogens is 2. The van der Waals surface area contributed by atoms with Crippen molar-refractivity contribution in [2.24, 2.45) is 5.41 Å². The Morgan fingerprint density at radius 2 is 2.00 bits per heavy atom. The maximum atomic E-state index is 3.57. The van der Waals surface area contributed by atoms with Gasteiger partial charge in [0.05, 0.1) is 0 Å². The minimum absolute atomic E-state index is 0.737. The molecule has 2 aliphatic carbocycles. The maximum absolute atomic E-state index is 3.57. The van der Waals surface area contributed by atoms with Gasteiger partial charge in [-0.3, -0.25) is 0 Å². The van der Waals surface area contributed by atoms with Crippen molar-refractivity contribution in [1.29, 1.82) is 0 Å². The number of hydrogen-bond donors (Lipinski definition) is 0. The van der Waals surface area contributed by atoms with E-state index in [2.05, 4.69) is 62.8 Å². The Labute approximate surface area is 119 Å². The summed E-state index contributed by atoms with van der Waals surface area (Å²) in [7, 11) is 0. The van der Waals surface area contributed by atoms with Crippen molar-refractivity contribution in [3.63, 3.8) is 0 Å². The second-order valence-electron chi connectivity index (χ2n) is 5.06. The Hall–Kier alpha value is 0.170. The van der Waals surface area contributed by atoms with Crippen LogP contribution in [0.4, 0.5) is 0 Å². The van der Waals surface area contributed by atoms with Crippen molar-refractivity contribution in [3.05, 3.63) is 37.9 Å². The summed E-state index contributed by atoms with van der Waals surface area (Å²) in [5.41, 5.74) is 3.73. The Kier molecular flexibility index (Phi) is 2.91. The van der Waals surface area contributed by atoms with Gasteiger partial charge in [0.1, 0.15) is 0 Å². The highest BCUT2D eigenvalue weighted by molar-refractivity contribution is 14.1. The van der Waals surface area contributed by atoms with E-state index < -0.39 is 0 Å². The van der Waals surface area contributed by atoms with Crippen LogP contribution in [0.3, 0.4) is 0 Å². The molecule has 0 unspecified atom stereocenters. The van der Waals surface area contributed by atoms with Crippen LogP contribution in [0, 0.1) is 8.99 Å².